The summed E-state index contributed by atoms with van der Waals surface area (Å²) in [4.78, 5) is 1.07. The van der Waals surface area contributed by atoms with Crippen molar-refractivity contribution in [2.75, 3.05) is 0 Å². The van der Waals surface area contributed by atoms with E-state index in [2.05, 4.69) is 40.9 Å². The molecule has 0 fully saturated rings. The van der Waals surface area contributed by atoms with Gasteiger partial charge in [0.25, 0.3) is 0 Å². The molecule has 1 aromatic heterocycles. The Morgan fingerprint density at radius 1 is 1.41 bits per heavy atom. The molecule has 3 rings (SSSR count). The molecule has 0 unspecified atom stereocenters. The fourth-order valence-electron chi connectivity index (χ4n) is 2.03. The van der Waals surface area contributed by atoms with Crippen LogP contribution < -0.4 is 4.18 Å². The molecule has 0 aliphatic carbocycles. The van der Waals surface area contributed by atoms with Gasteiger partial charge >= 0.3 is 0 Å². The van der Waals surface area contributed by atoms with Crippen LogP contribution in [0.5, 0.6) is 5.75 Å². The van der Waals surface area contributed by atoms with Crippen molar-refractivity contribution < 1.29 is 4.18 Å². The van der Waals surface area contributed by atoms with E-state index in [4.69, 9.17) is 4.18 Å². The summed E-state index contributed by atoms with van der Waals surface area (Å²) in [5.41, 5.74) is 4.42. The molecule has 5 heteroatoms. The van der Waals surface area contributed by atoms with Crippen LogP contribution in [0.1, 0.15) is 11.1 Å². The van der Waals surface area contributed by atoms with Crippen molar-refractivity contribution in [3.8, 4) is 17.0 Å². The van der Waals surface area contributed by atoms with E-state index in [1.807, 2.05) is 17.9 Å². The summed E-state index contributed by atoms with van der Waals surface area (Å²) < 4.78 is 8.70. The van der Waals surface area contributed by atoms with Gasteiger partial charge in [0.15, 0.2) is 5.75 Å². The molecule has 0 bridgehead atoms. The van der Waals surface area contributed by atoms with Crippen LogP contribution in [0.15, 0.2) is 21.6 Å². The molecular formula is C12H11BrN2OS. The van der Waals surface area contributed by atoms with Crippen molar-refractivity contribution in [1.29, 1.82) is 0 Å². The first-order valence-electron chi connectivity index (χ1n) is 5.26. The SMILES string of the molecule is Cc1cc(Br)c(C)c2c1OSc1cn(C)nc1-2. The molecule has 0 saturated carbocycles. The largest absolute Gasteiger partial charge is 0.419 e. The van der Waals surface area contributed by atoms with Crippen LogP contribution in [0.25, 0.3) is 11.3 Å². The molecule has 1 aromatic carbocycles. The van der Waals surface area contributed by atoms with Crippen LogP contribution in [0.2, 0.25) is 0 Å². The van der Waals surface area contributed by atoms with Gasteiger partial charge in [0.1, 0.15) is 5.69 Å². The highest BCUT2D eigenvalue weighted by Gasteiger charge is 2.26. The fraction of sp³-hybridized carbons (Fsp3) is 0.250. The molecule has 1 aliphatic heterocycles. The molecule has 3 nitrogen and oxygen atoms in total. The van der Waals surface area contributed by atoms with Crippen LogP contribution in [0.4, 0.5) is 0 Å². The highest BCUT2D eigenvalue weighted by Crippen LogP contribution is 2.48. The van der Waals surface area contributed by atoms with Crippen LogP contribution in [-0.2, 0) is 7.05 Å². The summed E-state index contributed by atoms with van der Waals surface area (Å²) in [6.45, 7) is 4.14. The first kappa shape index (κ1) is 11.2. The summed E-state index contributed by atoms with van der Waals surface area (Å²) >= 11 is 4.97. The first-order valence-corrected chi connectivity index (χ1v) is 6.79. The van der Waals surface area contributed by atoms with Gasteiger partial charge in [-0.3, -0.25) is 4.68 Å². The van der Waals surface area contributed by atoms with Gasteiger partial charge in [-0.05, 0) is 31.0 Å². The third-order valence-electron chi connectivity index (χ3n) is 2.91. The minimum Gasteiger partial charge on any atom is -0.419 e. The van der Waals surface area contributed by atoms with Gasteiger partial charge in [0.2, 0.25) is 0 Å². The van der Waals surface area contributed by atoms with Gasteiger partial charge in [-0.1, -0.05) is 15.9 Å². The summed E-state index contributed by atoms with van der Waals surface area (Å²) in [6.07, 6.45) is 1.98. The molecule has 0 spiro atoms. The molecule has 0 atom stereocenters. The zero-order chi connectivity index (χ0) is 12.2. The third kappa shape index (κ3) is 1.60. The Balaban J connectivity index is 2.37. The van der Waals surface area contributed by atoms with Gasteiger partial charge in [0.05, 0.1) is 22.5 Å². The Kier molecular flexibility index (Phi) is 2.48. The van der Waals surface area contributed by atoms with Crippen molar-refractivity contribution in [2.45, 2.75) is 18.7 Å². The van der Waals surface area contributed by atoms with Crippen LogP contribution in [0.3, 0.4) is 0 Å². The minimum absolute atomic E-state index is 0.932. The third-order valence-corrected chi connectivity index (χ3v) is 4.46. The van der Waals surface area contributed by atoms with E-state index in [-0.39, 0.29) is 0 Å². The van der Waals surface area contributed by atoms with Crippen molar-refractivity contribution >= 4 is 28.0 Å². The topological polar surface area (TPSA) is 27.1 Å². The molecule has 88 valence electrons. The van der Waals surface area contributed by atoms with Gasteiger partial charge in [-0.2, -0.15) is 5.10 Å². The Hall–Kier alpha value is -0.940. The lowest BCUT2D eigenvalue weighted by molar-refractivity contribution is 0.635. The number of fused-ring (bicyclic) bond motifs is 3. The number of hydrogen-bond acceptors (Lipinski definition) is 3. The van der Waals surface area contributed by atoms with Gasteiger partial charge in [0, 0.05) is 17.7 Å². The number of halogens is 1. The maximum Gasteiger partial charge on any atom is 0.150 e. The number of aromatic nitrogens is 2. The van der Waals surface area contributed by atoms with E-state index in [0.29, 0.717) is 0 Å². The van der Waals surface area contributed by atoms with Crippen LogP contribution in [-0.4, -0.2) is 9.78 Å². The molecular weight excluding hydrogens is 300 g/mol. The summed E-state index contributed by atoms with van der Waals surface area (Å²) in [6, 6.07) is 2.09. The van der Waals surface area contributed by atoms with E-state index in [1.165, 1.54) is 17.6 Å². The van der Waals surface area contributed by atoms with E-state index in [1.54, 1.807) is 0 Å². The zero-order valence-corrected chi connectivity index (χ0v) is 12.1. The fourth-order valence-corrected chi connectivity index (χ4v) is 3.38. The predicted molar refractivity (Wildman–Crippen MR) is 72.3 cm³/mol. The monoisotopic (exact) mass is 310 g/mol. The minimum atomic E-state index is 0.932. The smallest absolute Gasteiger partial charge is 0.150 e. The number of aryl methyl sites for hydroxylation is 2. The van der Waals surface area contributed by atoms with Crippen molar-refractivity contribution in [1.82, 2.24) is 9.78 Å². The van der Waals surface area contributed by atoms with Gasteiger partial charge < -0.3 is 4.18 Å². The number of nitrogens with zero attached hydrogens (tertiary/aromatic N) is 2. The molecule has 0 N–H and O–H groups in total. The average Bonchev–Trinajstić information content (AvgIpc) is 2.65. The normalized spacial score (nSPS) is 12.9. The molecule has 0 amide bonds. The second kappa shape index (κ2) is 3.78. The first-order chi connectivity index (χ1) is 8.08. The average molecular weight is 311 g/mol. The Bertz CT molecular complexity index is 621. The van der Waals surface area contributed by atoms with E-state index in [0.717, 1.165) is 31.9 Å². The lowest BCUT2D eigenvalue weighted by Crippen LogP contribution is -2.00. The summed E-state index contributed by atoms with van der Waals surface area (Å²) in [5, 5.41) is 4.53. The lowest BCUT2D eigenvalue weighted by Gasteiger charge is -2.19. The molecule has 2 aromatic rings. The molecule has 1 aliphatic rings. The number of rotatable bonds is 0. The van der Waals surface area contributed by atoms with Crippen LogP contribution in [0, 0.1) is 13.8 Å². The van der Waals surface area contributed by atoms with E-state index >= 15 is 0 Å². The van der Waals surface area contributed by atoms with Crippen molar-refractivity contribution in [3.05, 3.63) is 27.9 Å². The van der Waals surface area contributed by atoms with E-state index < -0.39 is 0 Å². The molecule has 0 saturated heterocycles. The van der Waals surface area contributed by atoms with Crippen LogP contribution >= 0.6 is 28.0 Å². The van der Waals surface area contributed by atoms with Crippen molar-refractivity contribution in [2.24, 2.45) is 7.05 Å². The highest BCUT2D eigenvalue weighted by atomic mass is 79.9. The Morgan fingerprint density at radius 2 is 2.18 bits per heavy atom. The van der Waals surface area contributed by atoms with Gasteiger partial charge in [-0.15, -0.1) is 0 Å². The van der Waals surface area contributed by atoms with E-state index in [9.17, 15) is 0 Å². The number of hydrogen-bond donors (Lipinski definition) is 0. The zero-order valence-electron chi connectivity index (χ0n) is 9.74. The number of benzene rings is 1. The second-order valence-electron chi connectivity index (χ2n) is 4.19. The Labute approximate surface area is 112 Å². The standard InChI is InChI=1S/C12H11BrN2OS/c1-6-4-8(13)7(2)10-11-9(5-15(3)14-11)17-16-12(6)10/h4-5H,1-3H3. The lowest BCUT2D eigenvalue weighted by atomic mass is 10.0. The molecule has 17 heavy (non-hydrogen) atoms. The van der Waals surface area contributed by atoms with Crippen molar-refractivity contribution in [3.63, 3.8) is 0 Å². The highest BCUT2D eigenvalue weighted by molar-refractivity contribution is 9.10. The maximum atomic E-state index is 5.77. The predicted octanol–water partition coefficient (Wildman–Crippen LogP) is 3.87. The summed E-state index contributed by atoms with van der Waals surface area (Å²) in [7, 11) is 1.93. The summed E-state index contributed by atoms with van der Waals surface area (Å²) in [5.74, 6) is 0.932. The maximum absolute atomic E-state index is 5.77. The second-order valence-corrected chi connectivity index (χ2v) is 5.81. The Morgan fingerprint density at radius 3 is 2.94 bits per heavy atom. The quantitative estimate of drug-likeness (QED) is 0.691. The molecule has 2 heterocycles. The van der Waals surface area contributed by atoms with Gasteiger partial charge in [-0.25, -0.2) is 0 Å². The molecule has 0 radical (unpaired) electrons.